The minimum atomic E-state index is -0.335. The fourth-order valence-corrected chi connectivity index (χ4v) is 4.02. The summed E-state index contributed by atoms with van der Waals surface area (Å²) in [4.78, 5) is 19.1. The summed E-state index contributed by atoms with van der Waals surface area (Å²) in [6.45, 7) is 4.10. The molecule has 0 bridgehead atoms. The van der Waals surface area contributed by atoms with Crippen molar-refractivity contribution < 1.29 is 9.90 Å². The number of halogens is 1. The second-order valence-electron chi connectivity index (χ2n) is 7.52. The van der Waals surface area contributed by atoms with Gasteiger partial charge in [-0.2, -0.15) is 0 Å². The second-order valence-corrected chi connectivity index (χ2v) is 7.52. The van der Waals surface area contributed by atoms with E-state index in [0.29, 0.717) is 12.5 Å². The highest BCUT2D eigenvalue weighted by atomic mass is 127. The summed E-state index contributed by atoms with van der Waals surface area (Å²) in [5.74, 6) is 1.26. The molecule has 146 valence electrons. The van der Waals surface area contributed by atoms with Crippen LogP contribution in [-0.4, -0.2) is 61.7 Å². The molecule has 2 saturated carbocycles. The Balaban J connectivity index is 0.00000312. The molecule has 2 atom stereocenters. The van der Waals surface area contributed by atoms with Gasteiger partial charge in [-0.05, 0) is 32.6 Å². The Kier molecular flexibility index (Phi) is 9.48. The van der Waals surface area contributed by atoms with E-state index in [2.05, 4.69) is 10.6 Å². The second kappa shape index (κ2) is 10.5. The van der Waals surface area contributed by atoms with Crippen molar-refractivity contribution in [3.63, 3.8) is 0 Å². The lowest BCUT2D eigenvalue weighted by atomic mass is 9.85. The van der Waals surface area contributed by atoms with Gasteiger partial charge in [0, 0.05) is 33.1 Å². The van der Waals surface area contributed by atoms with E-state index in [1.807, 2.05) is 21.0 Å². The number of nitrogens with zero attached hydrogens (tertiary/aromatic N) is 2. The number of carbonyl (C=O) groups is 1. The lowest BCUT2D eigenvalue weighted by molar-refractivity contribution is -0.138. The molecule has 0 spiro atoms. The van der Waals surface area contributed by atoms with Gasteiger partial charge in [-0.15, -0.1) is 24.0 Å². The number of aliphatic hydroxyl groups excluding tert-OH is 1. The highest BCUT2D eigenvalue weighted by molar-refractivity contribution is 14.0. The quantitative estimate of drug-likeness (QED) is 0.318. The number of aliphatic imine (C=N–C) groups is 1. The third kappa shape index (κ3) is 5.98. The molecule has 3 N–H and O–H groups in total. The standard InChI is InChI=1S/C18H34N4O2.HI/c1-4-19-17(20-12-14-8-7-9-15(14)23)21-13-18(10-5-6-11-18)16(24)22(2)3;/h14-15,23H,4-13H2,1-3H3,(H2,19,20,21);1H. The molecular weight excluding hydrogens is 431 g/mol. The van der Waals surface area contributed by atoms with E-state index in [1.54, 1.807) is 4.90 Å². The highest BCUT2D eigenvalue weighted by Crippen LogP contribution is 2.39. The fourth-order valence-electron chi connectivity index (χ4n) is 4.02. The molecule has 0 aromatic carbocycles. The summed E-state index contributed by atoms with van der Waals surface area (Å²) in [6, 6.07) is 0. The molecule has 2 aliphatic carbocycles. The maximum absolute atomic E-state index is 12.6. The van der Waals surface area contributed by atoms with Crippen molar-refractivity contribution in [3.8, 4) is 0 Å². The number of amides is 1. The minimum absolute atomic E-state index is 0. The van der Waals surface area contributed by atoms with Crippen molar-refractivity contribution in [2.45, 2.75) is 58.0 Å². The van der Waals surface area contributed by atoms with E-state index < -0.39 is 0 Å². The van der Waals surface area contributed by atoms with E-state index in [9.17, 15) is 9.90 Å². The van der Waals surface area contributed by atoms with Gasteiger partial charge in [0.2, 0.25) is 5.91 Å². The first-order valence-corrected chi connectivity index (χ1v) is 9.40. The zero-order chi connectivity index (χ0) is 17.6. The third-order valence-electron chi connectivity index (χ3n) is 5.46. The Bertz CT molecular complexity index is 450. The Hall–Kier alpha value is -0.570. The first-order valence-electron chi connectivity index (χ1n) is 9.40. The molecule has 6 nitrogen and oxygen atoms in total. The summed E-state index contributed by atoms with van der Waals surface area (Å²) in [5.41, 5.74) is -0.335. The summed E-state index contributed by atoms with van der Waals surface area (Å²) in [7, 11) is 3.66. The molecule has 0 saturated heterocycles. The van der Waals surface area contributed by atoms with Crippen LogP contribution in [-0.2, 0) is 4.79 Å². The van der Waals surface area contributed by atoms with Crippen LogP contribution in [0, 0.1) is 11.3 Å². The first kappa shape index (κ1) is 22.5. The predicted molar refractivity (Wildman–Crippen MR) is 112 cm³/mol. The van der Waals surface area contributed by atoms with Crippen LogP contribution < -0.4 is 10.6 Å². The number of guanidine groups is 1. The number of hydrogen-bond acceptors (Lipinski definition) is 3. The van der Waals surface area contributed by atoms with E-state index in [1.165, 1.54) is 0 Å². The van der Waals surface area contributed by atoms with Gasteiger partial charge in [-0.3, -0.25) is 9.79 Å². The average molecular weight is 466 g/mol. The maximum atomic E-state index is 12.6. The Morgan fingerprint density at radius 1 is 1.20 bits per heavy atom. The van der Waals surface area contributed by atoms with Crippen LogP contribution in [0.2, 0.25) is 0 Å². The minimum Gasteiger partial charge on any atom is -0.393 e. The Morgan fingerprint density at radius 3 is 2.40 bits per heavy atom. The van der Waals surface area contributed by atoms with Gasteiger partial charge < -0.3 is 20.6 Å². The van der Waals surface area contributed by atoms with Crippen molar-refractivity contribution in [2.75, 3.05) is 33.7 Å². The van der Waals surface area contributed by atoms with Crippen LogP contribution in [0.15, 0.2) is 4.99 Å². The number of aliphatic hydroxyl groups is 1. The van der Waals surface area contributed by atoms with Crippen molar-refractivity contribution in [2.24, 2.45) is 16.3 Å². The van der Waals surface area contributed by atoms with E-state index in [0.717, 1.165) is 64.0 Å². The topological polar surface area (TPSA) is 77.0 Å². The van der Waals surface area contributed by atoms with Crippen LogP contribution in [0.5, 0.6) is 0 Å². The SMILES string of the molecule is CCNC(=NCC1(C(=O)N(C)C)CCCC1)NCC1CCCC1O.I. The molecule has 0 heterocycles. The van der Waals surface area contributed by atoms with Gasteiger partial charge in [0.1, 0.15) is 0 Å². The first-order chi connectivity index (χ1) is 11.5. The van der Waals surface area contributed by atoms with E-state index >= 15 is 0 Å². The molecular formula is C18H35IN4O2. The highest BCUT2D eigenvalue weighted by Gasteiger charge is 2.42. The van der Waals surface area contributed by atoms with E-state index in [-0.39, 0.29) is 41.4 Å². The normalized spacial score (nSPS) is 25.4. The molecule has 2 aliphatic rings. The zero-order valence-corrected chi connectivity index (χ0v) is 18.2. The number of hydrogen-bond donors (Lipinski definition) is 3. The molecule has 0 aliphatic heterocycles. The molecule has 0 aromatic heterocycles. The van der Waals surface area contributed by atoms with Crippen LogP contribution in [0.1, 0.15) is 51.9 Å². The molecule has 0 aromatic rings. The fraction of sp³-hybridized carbons (Fsp3) is 0.889. The molecule has 0 radical (unpaired) electrons. The number of carbonyl (C=O) groups excluding carboxylic acids is 1. The van der Waals surface area contributed by atoms with Crippen LogP contribution in [0.4, 0.5) is 0 Å². The van der Waals surface area contributed by atoms with Gasteiger partial charge in [0.25, 0.3) is 0 Å². The van der Waals surface area contributed by atoms with Crippen molar-refractivity contribution in [1.29, 1.82) is 0 Å². The van der Waals surface area contributed by atoms with Gasteiger partial charge in [0.05, 0.1) is 18.1 Å². The van der Waals surface area contributed by atoms with Gasteiger partial charge >= 0.3 is 0 Å². The Labute approximate surface area is 169 Å². The van der Waals surface area contributed by atoms with Gasteiger partial charge in [0.15, 0.2) is 5.96 Å². The lowest BCUT2D eigenvalue weighted by Crippen LogP contribution is -2.44. The van der Waals surface area contributed by atoms with Crippen LogP contribution in [0.25, 0.3) is 0 Å². The molecule has 25 heavy (non-hydrogen) atoms. The molecule has 2 unspecified atom stereocenters. The lowest BCUT2D eigenvalue weighted by Gasteiger charge is -2.29. The number of rotatable bonds is 6. The van der Waals surface area contributed by atoms with Gasteiger partial charge in [-0.1, -0.05) is 19.3 Å². The molecule has 2 fully saturated rings. The van der Waals surface area contributed by atoms with Crippen LogP contribution in [0.3, 0.4) is 0 Å². The molecule has 7 heteroatoms. The van der Waals surface area contributed by atoms with Gasteiger partial charge in [-0.25, -0.2) is 0 Å². The summed E-state index contributed by atoms with van der Waals surface area (Å²) in [6.07, 6.45) is 6.93. The van der Waals surface area contributed by atoms with Crippen molar-refractivity contribution >= 4 is 35.8 Å². The third-order valence-corrected chi connectivity index (χ3v) is 5.46. The Morgan fingerprint density at radius 2 is 1.88 bits per heavy atom. The zero-order valence-electron chi connectivity index (χ0n) is 15.9. The smallest absolute Gasteiger partial charge is 0.230 e. The van der Waals surface area contributed by atoms with Crippen molar-refractivity contribution in [1.82, 2.24) is 15.5 Å². The predicted octanol–water partition coefficient (Wildman–Crippen LogP) is 1.97. The monoisotopic (exact) mass is 466 g/mol. The largest absolute Gasteiger partial charge is 0.393 e. The average Bonchev–Trinajstić information content (AvgIpc) is 3.19. The summed E-state index contributed by atoms with van der Waals surface area (Å²) >= 11 is 0. The summed E-state index contributed by atoms with van der Waals surface area (Å²) < 4.78 is 0. The maximum Gasteiger partial charge on any atom is 0.230 e. The summed E-state index contributed by atoms with van der Waals surface area (Å²) in [5, 5.41) is 16.6. The molecule has 2 rings (SSSR count). The van der Waals surface area contributed by atoms with Crippen molar-refractivity contribution in [3.05, 3.63) is 0 Å². The molecule has 1 amide bonds. The van der Waals surface area contributed by atoms with E-state index in [4.69, 9.17) is 4.99 Å². The van der Waals surface area contributed by atoms with Crippen LogP contribution >= 0.6 is 24.0 Å². The number of nitrogens with one attached hydrogen (secondary N) is 2.